The Bertz CT molecular complexity index is 454. The van der Waals surface area contributed by atoms with E-state index in [1.807, 2.05) is 4.90 Å². The van der Waals surface area contributed by atoms with Crippen molar-refractivity contribution in [1.29, 1.82) is 0 Å². The first-order valence-electron chi connectivity index (χ1n) is 8.03. The number of amides is 1. The van der Waals surface area contributed by atoms with E-state index in [0.29, 0.717) is 6.54 Å². The molecule has 1 aromatic carbocycles. The molecular weight excluding hydrogens is 262 g/mol. The maximum Gasteiger partial charge on any atom is 0.238 e. The highest BCUT2D eigenvalue weighted by atomic mass is 16.2. The second-order valence-corrected chi connectivity index (χ2v) is 5.49. The zero-order valence-electron chi connectivity index (χ0n) is 13.4. The van der Waals surface area contributed by atoms with E-state index in [9.17, 15) is 4.79 Å². The molecule has 0 saturated carbocycles. The summed E-state index contributed by atoms with van der Waals surface area (Å²) < 4.78 is 0. The molecule has 1 aliphatic rings. The minimum Gasteiger partial charge on any atom is -0.321 e. The lowest BCUT2D eigenvalue weighted by Gasteiger charge is -2.28. The largest absolute Gasteiger partial charge is 0.321 e. The van der Waals surface area contributed by atoms with Gasteiger partial charge in [-0.25, -0.2) is 0 Å². The average molecular weight is 289 g/mol. The third kappa shape index (κ3) is 3.83. The molecule has 1 saturated heterocycles. The van der Waals surface area contributed by atoms with Gasteiger partial charge in [0.05, 0.1) is 6.54 Å². The highest BCUT2D eigenvalue weighted by Crippen LogP contribution is 2.22. The van der Waals surface area contributed by atoms with Gasteiger partial charge in [0.1, 0.15) is 6.17 Å². The van der Waals surface area contributed by atoms with Gasteiger partial charge in [-0.15, -0.1) is 0 Å². The molecule has 1 unspecified atom stereocenters. The van der Waals surface area contributed by atoms with E-state index < -0.39 is 0 Å². The summed E-state index contributed by atoms with van der Waals surface area (Å²) in [4.78, 5) is 16.4. The number of carbonyl (C=O) groups excluding carboxylic acids is 1. The van der Waals surface area contributed by atoms with Crippen LogP contribution in [0.5, 0.6) is 0 Å². The van der Waals surface area contributed by atoms with Crippen LogP contribution in [0.15, 0.2) is 24.3 Å². The van der Waals surface area contributed by atoms with E-state index in [4.69, 9.17) is 0 Å². The van der Waals surface area contributed by atoms with Crippen LogP contribution < -0.4 is 5.32 Å². The van der Waals surface area contributed by atoms with Gasteiger partial charge in [0, 0.05) is 13.1 Å². The van der Waals surface area contributed by atoms with Crippen LogP contribution in [0.4, 0.5) is 0 Å². The third-order valence-electron chi connectivity index (χ3n) is 4.33. The molecule has 1 aromatic rings. The van der Waals surface area contributed by atoms with Crippen molar-refractivity contribution in [3.63, 3.8) is 0 Å². The minimum atomic E-state index is 0.0268. The van der Waals surface area contributed by atoms with Crippen LogP contribution in [0, 0.1) is 0 Å². The van der Waals surface area contributed by atoms with Crippen molar-refractivity contribution in [1.82, 2.24) is 15.1 Å². The molecule has 0 radical (unpaired) electrons. The third-order valence-corrected chi connectivity index (χ3v) is 4.33. The Morgan fingerprint density at radius 2 is 1.86 bits per heavy atom. The predicted molar refractivity (Wildman–Crippen MR) is 86.1 cm³/mol. The van der Waals surface area contributed by atoms with Gasteiger partial charge >= 0.3 is 0 Å². The first-order valence-corrected chi connectivity index (χ1v) is 8.03. The van der Waals surface area contributed by atoms with Gasteiger partial charge in [0.15, 0.2) is 0 Å². The van der Waals surface area contributed by atoms with Crippen LogP contribution in [0.3, 0.4) is 0 Å². The first kappa shape index (κ1) is 16.0. The van der Waals surface area contributed by atoms with E-state index in [1.54, 1.807) is 0 Å². The van der Waals surface area contributed by atoms with Crippen molar-refractivity contribution in [3.8, 4) is 0 Å². The molecule has 0 aliphatic carbocycles. The number of hydrogen-bond acceptors (Lipinski definition) is 3. The second-order valence-electron chi connectivity index (χ2n) is 5.49. The van der Waals surface area contributed by atoms with E-state index in [1.165, 1.54) is 11.1 Å². The summed E-state index contributed by atoms with van der Waals surface area (Å²) in [6, 6.07) is 8.59. The molecule has 1 fully saturated rings. The van der Waals surface area contributed by atoms with Crippen LogP contribution >= 0.6 is 0 Å². The minimum absolute atomic E-state index is 0.0268. The fourth-order valence-corrected chi connectivity index (χ4v) is 2.82. The molecule has 1 aliphatic heterocycles. The van der Waals surface area contributed by atoms with E-state index in [-0.39, 0.29) is 12.1 Å². The molecule has 1 N–H and O–H groups in total. The predicted octanol–water partition coefficient (Wildman–Crippen LogP) is 2.02. The Balaban J connectivity index is 2.04. The number of carbonyl (C=O) groups is 1. The SMILES string of the molecule is CCc1ccc(C2NCC(=O)N2CCN(CC)CC)cc1. The maximum atomic E-state index is 12.1. The fourth-order valence-electron chi connectivity index (χ4n) is 2.82. The Labute approximate surface area is 128 Å². The number of nitrogens with one attached hydrogen (secondary N) is 1. The van der Waals surface area contributed by atoms with Crippen molar-refractivity contribution in [2.45, 2.75) is 33.4 Å². The number of nitrogens with zero attached hydrogens (tertiary/aromatic N) is 2. The molecule has 116 valence electrons. The van der Waals surface area contributed by atoms with Crippen LogP contribution in [0.1, 0.15) is 38.1 Å². The molecule has 1 amide bonds. The Morgan fingerprint density at radius 1 is 1.19 bits per heavy atom. The van der Waals surface area contributed by atoms with Crippen molar-refractivity contribution in [2.24, 2.45) is 0 Å². The molecule has 0 bridgehead atoms. The van der Waals surface area contributed by atoms with E-state index in [2.05, 4.69) is 55.3 Å². The van der Waals surface area contributed by atoms with Crippen LogP contribution in [-0.4, -0.2) is 48.4 Å². The molecule has 0 aromatic heterocycles. The van der Waals surface area contributed by atoms with Crippen LogP contribution in [0.2, 0.25) is 0 Å². The number of aryl methyl sites for hydroxylation is 1. The van der Waals surface area contributed by atoms with Gasteiger partial charge in [0.25, 0.3) is 0 Å². The summed E-state index contributed by atoms with van der Waals surface area (Å²) in [5, 5.41) is 3.33. The van der Waals surface area contributed by atoms with Gasteiger partial charge in [-0.3, -0.25) is 10.1 Å². The zero-order valence-corrected chi connectivity index (χ0v) is 13.4. The molecule has 1 atom stereocenters. The van der Waals surface area contributed by atoms with Gasteiger partial charge in [-0.2, -0.15) is 0 Å². The Kier molecular flexibility index (Phi) is 5.76. The molecular formula is C17H27N3O. The first-order chi connectivity index (χ1) is 10.2. The standard InChI is InChI=1S/C17H27N3O/c1-4-14-7-9-15(10-8-14)17-18-13-16(21)20(17)12-11-19(5-2)6-3/h7-10,17-18H,4-6,11-13H2,1-3H3. The van der Waals surface area contributed by atoms with Gasteiger partial charge in [-0.1, -0.05) is 45.0 Å². The number of rotatable bonds is 7. The molecule has 4 nitrogen and oxygen atoms in total. The lowest BCUT2D eigenvalue weighted by molar-refractivity contribution is -0.128. The van der Waals surface area contributed by atoms with E-state index >= 15 is 0 Å². The van der Waals surface area contributed by atoms with Gasteiger partial charge in [-0.05, 0) is 30.6 Å². The van der Waals surface area contributed by atoms with Crippen molar-refractivity contribution in [3.05, 3.63) is 35.4 Å². The van der Waals surface area contributed by atoms with Crippen LogP contribution in [0.25, 0.3) is 0 Å². The van der Waals surface area contributed by atoms with Gasteiger partial charge < -0.3 is 9.80 Å². The lowest BCUT2D eigenvalue weighted by atomic mass is 10.1. The number of hydrogen-bond donors (Lipinski definition) is 1. The fraction of sp³-hybridized carbons (Fsp3) is 0.588. The van der Waals surface area contributed by atoms with E-state index in [0.717, 1.165) is 32.6 Å². The molecule has 0 spiro atoms. The summed E-state index contributed by atoms with van der Waals surface area (Å²) in [7, 11) is 0. The Morgan fingerprint density at radius 3 is 2.43 bits per heavy atom. The molecule has 2 rings (SSSR count). The maximum absolute atomic E-state index is 12.1. The molecule has 21 heavy (non-hydrogen) atoms. The molecule has 4 heteroatoms. The number of likely N-dealkylation sites (N-methyl/N-ethyl adjacent to an activating group) is 1. The summed E-state index contributed by atoms with van der Waals surface area (Å²) in [6.45, 7) is 10.7. The average Bonchev–Trinajstić information content (AvgIpc) is 2.89. The quantitative estimate of drug-likeness (QED) is 0.834. The van der Waals surface area contributed by atoms with Crippen molar-refractivity contribution >= 4 is 5.91 Å². The van der Waals surface area contributed by atoms with Crippen molar-refractivity contribution < 1.29 is 4.79 Å². The summed E-state index contributed by atoms with van der Waals surface area (Å²) in [5.74, 6) is 0.201. The smallest absolute Gasteiger partial charge is 0.238 e. The molecule has 1 heterocycles. The Hall–Kier alpha value is -1.39. The normalized spacial score (nSPS) is 18.8. The monoisotopic (exact) mass is 289 g/mol. The summed E-state index contributed by atoms with van der Waals surface area (Å²) >= 11 is 0. The van der Waals surface area contributed by atoms with Crippen LogP contribution in [-0.2, 0) is 11.2 Å². The highest BCUT2D eigenvalue weighted by molar-refractivity contribution is 5.80. The summed E-state index contributed by atoms with van der Waals surface area (Å²) in [6.07, 6.45) is 1.07. The van der Waals surface area contributed by atoms with Crippen molar-refractivity contribution in [2.75, 3.05) is 32.7 Å². The second kappa shape index (κ2) is 7.57. The zero-order chi connectivity index (χ0) is 15.2. The number of benzene rings is 1. The van der Waals surface area contributed by atoms with Gasteiger partial charge in [0.2, 0.25) is 5.91 Å². The lowest BCUT2D eigenvalue weighted by Crippen LogP contribution is -2.38. The summed E-state index contributed by atoms with van der Waals surface area (Å²) in [5.41, 5.74) is 2.51. The highest BCUT2D eigenvalue weighted by Gasteiger charge is 2.31. The topological polar surface area (TPSA) is 35.6 Å².